The van der Waals surface area contributed by atoms with E-state index >= 15 is 0 Å². The predicted octanol–water partition coefficient (Wildman–Crippen LogP) is 5.57. The summed E-state index contributed by atoms with van der Waals surface area (Å²) in [4.78, 5) is 10.0. The number of aromatic nitrogens is 1. The second kappa shape index (κ2) is 15.9. The number of nitrogens with zero attached hydrogens (tertiary/aromatic N) is 3. The Bertz CT molecular complexity index is 1190. The zero-order valence-corrected chi connectivity index (χ0v) is 23.2. The van der Waals surface area contributed by atoms with Crippen molar-refractivity contribution in [3.8, 4) is 0 Å². The summed E-state index contributed by atoms with van der Waals surface area (Å²) in [6.45, 7) is 9.21. The van der Waals surface area contributed by atoms with Gasteiger partial charge in [-0.15, -0.1) is 0 Å². The van der Waals surface area contributed by atoms with Gasteiger partial charge in [-0.1, -0.05) is 96.6 Å². The maximum Gasteiger partial charge on any atom is 0.0548 e. The van der Waals surface area contributed by atoms with E-state index in [1.54, 1.807) is 0 Å². The molecule has 0 atom stereocenters. The van der Waals surface area contributed by atoms with Gasteiger partial charge < -0.3 is 10.4 Å². The van der Waals surface area contributed by atoms with Gasteiger partial charge in [-0.2, -0.15) is 0 Å². The van der Waals surface area contributed by atoms with E-state index in [1.807, 2.05) is 0 Å². The van der Waals surface area contributed by atoms with Gasteiger partial charge in [0, 0.05) is 52.4 Å². The number of rotatable bonds is 16. The molecule has 1 heterocycles. The standard InChI is InChI=1S/C34H42N4O/c1-29-11-8-16-32(23-29)26-37(21-20-35-19-10-22-39)27-33-17-9-18-34(36-33)28-38(24-30-12-4-2-5-13-30)25-31-14-6-3-7-15-31/h2-9,11-18,23,35,39H,10,19-22,24-28H2,1H3. The number of hydrogen-bond donors (Lipinski definition) is 2. The lowest BCUT2D eigenvalue weighted by Gasteiger charge is -2.24. The van der Waals surface area contributed by atoms with Crippen molar-refractivity contribution < 1.29 is 5.11 Å². The Kier molecular flexibility index (Phi) is 11.7. The number of pyridine rings is 1. The number of aryl methyl sites for hydroxylation is 1. The summed E-state index contributed by atoms with van der Waals surface area (Å²) in [6, 6.07) is 36.5. The van der Waals surface area contributed by atoms with Crippen LogP contribution in [0.2, 0.25) is 0 Å². The molecule has 0 aliphatic heterocycles. The van der Waals surface area contributed by atoms with Crippen LogP contribution in [0, 0.1) is 6.92 Å². The Morgan fingerprint density at radius 2 is 1.18 bits per heavy atom. The topological polar surface area (TPSA) is 51.6 Å². The molecule has 3 aromatic carbocycles. The number of hydrogen-bond acceptors (Lipinski definition) is 5. The number of nitrogens with one attached hydrogen (secondary N) is 1. The summed E-state index contributed by atoms with van der Waals surface area (Å²) < 4.78 is 0. The summed E-state index contributed by atoms with van der Waals surface area (Å²) >= 11 is 0. The Morgan fingerprint density at radius 3 is 1.79 bits per heavy atom. The minimum absolute atomic E-state index is 0.224. The number of aliphatic hydroxyl groups excluding tert-OH is 1. The van der Waals surface area contributed by atoms with Crippen LogP contribution in [0.5, 0.6) is 0 Å². The molecule has 5 nitrogen and oxygen atoms in total. The lowest BCUT2D eigenvalue weighted by molar-refractivity contribution is 0.240. The van der Waals surface area contributed by atoms with Gasteiger partial charge in [-0.05, 0) is 48.7 Å². The molecule has 5 heteroatoms. The van der Waals surface area contributed by atoms with E-state index in [4.69, 9.17) is 10.1 Å². The molecular formula is C34H42N4O. The molecule has 0 spiro atoms. The van der Waals surface area contributed by atoms with E-state index < -0.39 is 0 Å². The smallest absolute Gasteiger partial charge is 0.0548 e. The van der Waals surface area contributed by atoms with Gasteiger partial charge in [0.15, 0.2) is 0 Å². The van der Waals surface area contributed by atoms with E-state index in [2.05, 4.69) is 125 Å². The lowest BCUT2D eigenvalue weighted by Crippen LogP contribution is -2.32. The summed E-state index contributed by atoms with van der Waals surface area (Å²) in [6.07, 6.45) is 0.782. The molecule has 0 radical (unpaired) electrons. The Balaban J connectivity index is 1.45. The molecule has 204 valence electrons. The quantitative estimate of drug-likeness (QED) is 0.189. The normalized spacial score (nSPS) is 11.4. The van der Waals surface area contributed by atoms with E-state index in [1.165, 1.54) is 22.3 Å². The fourth-order valence-electron chi connectivity index (χ4n) is 4.86. The third-order valence-corrected chi connectivity index (χ3v) is 6.74. The molecular weight excluding hydrogens is 480 g/mol. The number of aliphatic hydroxyl groups is 1. The zero-order valence-electron chi connectivity index (χ0n) is 23.2. The molecule has 39 heavy (non-hydrogen) atoms. The maximum atomic E-state index is 9.08. The van der Waals surface area contributed by atoms with Crippen LogP contribution in [0.3, 0.4) is 0 Å². The predicted molar refractivity (Wildman–Crippen MR) is 160 cm³/mol. The van der Waals surface area contributed by atoms with Crippen molar-refractivity contribution in [2.24, 2.45) is 0 Å². The highest BCUT2D eigenvalue weighted by Crippen LogP contribution is 2.15. The number of benzene rings is 3. The molecule has 4 aromatic rings. The summed E-state index contributed by atoms with van der Waals surface area (Å²) in [5.41, 5.74) is 7.40. The average molecular weight is 523 g/mol. The molecule has 0 saturated carbocycles. The fourth-order valence-corrected chi connectivity index (χ4v) is 4.86. The SMILES string of the molecule is Cc1cccc(CN(CCNCCCO)Cc2cccc(CN(Cc3ccccc3)Cc3ccccc3)n2)c1. The van der Waals surface area contributed by atoms with Crippen LogP contribution in [0.25, 0.3) is 0 Å². The first-order valence-electron chi connectivity index (χ1n) is 14.0. The van der Waals surface area contributed by atoms with Crippen LogP contribution in [-0.2, 0) is 32.7 Å². The van der Waals surface area contributed by atoms with Gasteiger partial charge >= 0.3 is 0 Å². The second-order valence-corrected chi connectivity index (χ2v) is 10.3. The van der Waals surface area contributed by atoms with Gasteiger partial charge in [0.25, 0.3) is 0 Å². The van der Waals surface area contributed by atoms with Crippen molar-refractivity contribution in [2.75, 3.05) is 26.2 Å². The first-order valence-corrected chi connectivity index (χ1v) is 14.0. The molecule has 0 saturated heterocycles. The molecule has 0 bridgehead atoms. The first-order chi connectivity index (χ1) is 19.2. The van der Waals surface area contributed by atoms with E-state index in [9.17, 15) is 0 Å². The molecule has 1 aromatic heterocycles. The molecule has 0 aliphatic rings. The summed E-state index contributed by atoms with van der Waals surface area (Å²) in [7, 11) is 0. The van der Waals surface area contributed by atoms with Crippen LogP contribution in [-0.4, -0.2) is 46.1 Å². The van der Waals surface area contributed by atoms with Crippen molar-refractivity contribution >= 4 is 0 Å². The summed E-state index contributed by atoms with van der Waals surface area (Å²) in [5, 5.41) is 12.5. The van der Waals surface area contributed by atoms with Gasteiger partial charge in [-0.3, -0.25) is 14.8 Å². The third kappa shape index (κ3) is 10.4. The highest BCUT2D eigenvalue weighted by atomic mass is 16.3. The molecule has 0 amide bonds. The fraction of sp³-hybridized carbons (Fsp3) is 0.324. The Labute approximate surface area is 234 Å². The Morgan fingerprint density at radius 1 is 0.615 bits per heavy atom. The average Bonchev–Trinajstić information content (AvgIpc) is 2.94. The largest absolute Gasteiger partial charge is 0.396 e. The summed E-state index contributed by atoms with van der Waals surface area (Å²) in [5.74, 6) is 0. The lowest BCUT2D eigenvalue weighted by atomic mass is 10.1. The zero-order chi connectivity index (χ0) is 27.1. The molecule has 0 aliphatic carbocycles. The minimum Gasteiger partial charge on any atom is -0.396 e. The van der Waals surface area contributed by atoms with Crippen LogP contribution in [0.4, 0.5) is 0 Å². The van der Waals surface area contributed by atoms with Gasteiger partial charge in [0.05, 0.1) is 11.4 Å². The van der Waals surface area contributed by atoms with E-state index in [-0.39, 0.29) is 6.61 Å². The van der Waals surface area contributed by atoms with Gasteiger partial charge in [-0.25, -0.2) is 0 Å². The van der Waals surface area contributed by atoms with E-state index in [0.717, 1.165) is 70.2 Å². The third-order valence-electron chi connectivity index (χ3n) is 6.74. The van der Waals surface area contributed by atoms with Crippen molar-refractivity contribution in [2.45, 2.75) is 46.1 Å². The first kappa shape index (κ1) is 28.7. The second-order valence-electron chi connectivity index (χ2n) is 10.3. The maximum absolute atomic E-state index is 9.08. The van der Waals surface area contributed by atoms with Gasteiger partial charge in [0.1, 0.15) is 0 Å². The molecule has 4 rings (SSSR count). The molecule has 0 fully saturated rings. The van der Waals surface area contributed by atoms with Gasteiger partial charge in [0.2, 0.25) is 0 Å². The van der Waals surface area contributed by atoms with Crippen molar-refractivity contribution in [1.29, 1.82) is 0 Å². The molecule has 0 unspecified atom stereocenters. The van der Waals surface area contributed by atoms with Crippen LogP contribution < -0.4 is 5.32 Å². The minimum atomic E-state index is 0.224. The monoisotopic (exact) mass is 522 g/mol. The van der Waals surface area contributed by atoms with Crippen molar-refractivity contribution in [1.82, 2.24) is 20.1 Å². The van der Waals surface area contributed by atoms with E-state index in [0.29, 0.717) is 0 Å². The highest BCUT2D eigenvalue weighted by Gasteiger charge is 2.12. The van der Waals surface area contributed by atoms with Crippen LogP contribution >= 0.6 is 0 Å². The Hall–Kier alpha value is -3.35. The van der Waals surface area contributed by atoms with Crippen LogP contribution in [0.1, 0.15) is 40.1 Å². The highest BCUT2D eigenvalue weighted by molar-refractivity contribution is 5.22. The van der Waals surface area contributed by atoms with Crippen molar-refractivity contribution in [3.63, 3.8) is 0 Å². The van der Waals surface area contributed by atoms with Crippen molar-refractivity contribution in [3.05, 3.63) is 137 Å². The molecule has 2 N–H and O–H groups in total. The van der Waals surface area contributed by atoms with Crippen LogP contribution in [0.15, 0.2) is 103 Å².